The van der Waals surface area contributed by atoms with Crippen LogP contribution in [0.5, 0.6) is 0 Å². The first-order chi connectivity index (χ1) is 6.29. The molecule has 0 saturated carbocycles. The van der Waals surface area contributed by atoms with Crippen molar-refractivity contribution < 1.29 is 45.9 Å². The van der Waals surface area contributed by atoms with Crippen LogP contribution >= 0.6 is 22.6 Å². The average Bonchev–Trinajstić information content (AvgIpc) is 1.96. The van der Waals surface area contributed by atoms with Gasteiger partial charge in [-0.25, -0.2) is 0 Å². The van der Waals surface area contributed by atoms with Crippen LogP contribution in [0.2, 0.25) is 0 Å². The predicted octanol–water partition coefficient (Wildman–Crippen LogP) is 3.40. The van der Waals surface area contributed by atoms with Gasteiger partial charge in [0.15, 0.2) is 0 Å². The molecule has 0 aromatic carbocycles. The molecular formula is C9H8F3INY-. The largest absolute Gasteiger partial charge is 0.448 e. The first-order valence-electron chi connectivity index (χ1n) is 3.80. The quantitative estimate of drug-likeness (QED) is 0.480. The smallest absolute Gasteiger partial charge is 0.404 e. The molecule has 81 valence electrons. The molecule has 6 heteroatoms. The predicted molar refractivity (Wildman–Crippen MR) is 56.4 cm³/mol. The van der Waals surface area contributed by atoms with Crippen LogP contribution in [0, 0.1) is 6.20 Å². The molecule has 0 unspecified atom stereocenters. The van der Waals surface area contributed by atoms with Gasteiger partial charge in [0.2, 0.25) is 0 Å². The van der Waals surface area contributed by atoms with Gasteiger partial charge in [0.25, 0.3) is 0 Å². The first-order valence-corrected chi connectivity index (χ1v) is 4.88. The van der Waals surface area contributed by atoms with Crippen molar-refractivity contribution in [1.29, 1.82) is 0 Å². The molecule has 1 nitrogen and oxygen atoms in total. The van der Waals surface area contributed by atoms with Crippen LogP contribution < -0.4 is 0 Å². The van der Waals surface area contributed by atoms with Crippen molar-refractivity contribution in [1.82, 2.24) is 4.90 Å². The van der Waals surface area contributed by atoms with E-state index in [1.165, 1.54) is 0 Å². The number of hydrogen-bond acceptors (Lipinski definition) is 1. The topological polar surface area (TPSA) is 3.24 Å². The summed E-state index contributed by atoms with van der Waals surface area (Å²) < 4.78 is 37.1. The fourth-order valence-electron chi connectivity index (χ4n) is 1.03. The summed E-state index contributed by atoms with van der Waals surface area (Å²) in [5.74, 6) is 0. The molecule has 0 spiro atoms. The Hall–Kier alpha value is 0.644. The molecule has 0 saturated heterocycles. The van der Waals surface area contributed by atoms with Crippen LogP contribution in [0.25, 0.3) is 0 Å². The second kappa shape index (κ2) is 5.82. The molecule has 1 aliphatic heterocycles. The maximum absolute atomic E-state index is 12.1. The molecule has 1 radical (unpaired) electrons. The summed E-state index contributed by atoms with van der Waals surface area (Å²) in [6, 6.07) is 0. The normalized spacial score (nSPS) is 16.9. The maximum atomic E-state index is 12.1. The van der Waals surface area contributed by atoms with E-state index in [4.69, 9.17) is 0 Å². The number of allylic oxidation sites excluding steroid dienone is 3. The third-order valence-corrected chi connectivity index (χ3v) is 2.53. The molecule has 15 heavy (non-hydrogen) atoms. The summed E-state index contributed by atoms with van der Waals surface area (Å²) in [6.07, 6.45) is 0.116. The Morgan fingerprint density at radius 2 is 2.07 bits per heavy atom. The van der Waals surface area contributed by atoms with Crippen molar-refractivity contribution in [3.63, 3.8) is 0 Å². The van der Waals surface area contributed by atoms with Gasteiger partial charge < -0.3 is 4.90 Å². The maximum Gasteiger partial charge on any atom is 0.404 e. The molecule has 0 aromatic rings. The second-order valence-electron chi connectivity index (χ2n) is 2.94. The molecule has 0 aliphatic carbocycles. The Balaban J connectivity index is 0.00000196. The van der Waals surface area contributed by atoms with E-state index >= 15 is 0 Å². The van der Waals surface area contributed by atoms with E-state index in [9.17, 15) is 13.2 Å². The monoisotopic (exact) mass is 403 g/mol. The minimum Gasteiger partial charge on any atom is -0.448 e. The van der Waals surface area contributed by atoms with Gasteiger partial charge in [-0.2, -0.15) is 19.2 Å². The van der Waals surface area contributed by atoms with Crippen LogP contribution in [0.4, 0.5) is 13.2 Å². The number of rotatable bonds is 1. The van der Waals surface area contributed by atoms with Crippen molar-refractivity contribution >= 4 is 22.6 Å². The van der Waals surface area contributed by atoms with E-state index in [1.807, 2.05) is 22.6 Å². The van der Waals surface area contributed by atoms with E-state index < -0.39 is 12.7 Å². The van der Waals surface area contributed by atoms with E-state index in [1.54, 1.807) is 13.0 Å². The van der Waals surface area contributed by atoms with Gasteiger partial charge in [-0.15, -0.1) is 12.2 Å². The van der Waals surface area contributed by atoms with Gasteiger partial charge in [-0.3, -0.25) is 0 Å². The molecule has 0 fully saturated rings. The third kappa shape index (κ3) is 5.00. The van der Waals surface area contributed by atoms with Crippen LogP contribution in [0.1, 0.15) is 6.92 Å². The standard InChI is InChI=1S/C9H8F3IN.Y/c1-6-3-8(13)7(2)14(4-6)5-9(10,11)12;/h3H,2,5H2,1H3;/q-1;. The zero-order chi connectivity index (χ0) is 10.9. The van der Waals surface area contributed by atoms with E-state index in [0.29, 0.717) is 14.8 Å². The zero-order valence-corrected chi connectivity index (χ0v) is 13.0. The van der Waals surface area contributed by atoms with Gasteiger partial charge in [0, 0.05) is 32.7 Å². The van der Waals surface area contributed by atoms with Gasteiger partial charge in [-0.05, 0) is 0 Å². The molecule has 1 aliphatic rings. The van der Waals surface area contributed by atoms with Gasteiger partial charge in [-0.1, -0.05) is 45.0 Å². The second-order valence-corrected chi connectivity index (χ2v) is 4.10. The number of nitrogens with zero attached hydrogens (tertiary/aromatic N) is 1. The van der Waals surface area contributed by atoms with Gasteiger partial charge >= 0.3 is 6.18 Å². The Labute approximate surface area is 125 Å². The SMILES string of the molecule is C=C1C(I)=CC(C)=[C-]N1CC(F)(F)F.[Y]. The van der Waals surface area contributed by atoms with Crippen LogP contribution in [-0.4, -0.2) is 17.6 Å². The molecule has 1 heterocycles. The molecule has 1 rings (SSSR count). The Morgan fingerprint density at radius 3 is 2.53 bits per heavy atom. The van der Waals surface area contributed by atoms with Crippen molar-refractivity contribution in [3.05, 3.63) is 33.7 Å². The van der Waals surface area contributed by atoms with Gasteiger partial charge in [0.05, 0.1) is 6.54 Å². The van der Waals surface area contributed by atoms with Crippen molar-refractivity contribution in [2.45, 2.75) is 13.1 Å². The van der Waals surface area contributed by atoms with Gasteiger partial charge in [0.1, 0.15) is 0 Å². The summed E-state index contributed by atoms with van der Waals surface area (Å²) in [6.45, 7) is 4.23. The summed E-state index contributed by atoms with van der Waals surface area (Å²) in [5.41, 5.74) is 1.01. The van der Waals surface area contributed by atoms with Crippen molar-refractivity contribution in [2.75, 3.05) is 6.54 Å². The molecule has 0 amide bonds. The summed E-state index contributed by atoms with van der Waals surface area (Å²) in [5, 5.41) is 0. The van der Waals surface area contributed by atoms with Crippen molar-refractivity contribution in [3.8, 4) is 0 Å². The van der Waals surface area contributed by atoms with Crippen molar-refractivity contribution in [2.24, 2.45) is 0 Å². The Kier molecular flexibility index (Phi) is 6.07. The summed E-state index contributed by atoms with van der Waals surface area (Å²) >= 11 is 1.96. The average molecular weight is 403 g/mol. The molecular weight excluding hydrogens is 395 g/mol. The van der Waals surface area contributed by atoms with Crippen LogP contribution in [0.15, 0.2) is 27.5 Å². The van der Waals surface area contributed by atoms with Crippen LogP contribution in [-0.2, 0) is 32.7 Å². The minimum atomic E-state index is -4.23. The summed E-state index contributed by atoms with van der Waals surface area (Å²) in [7, 11) is 0. The fraction of sp³-hybridized carbons (Fsp3) is 0.333. The van der Waals surface area contributed by atoms with Crippen LogP contribution in [0.3, 0.4) is 0 Å². The number of hydrogen-bond donors (Lipinski definition) is 0. The molecule has 0 bridgehead atoms. The first kappa shape index (κ1) is 15.6. The van der Waals surface area contributed by atoms with E-state index in [0.717, 1.165) is 4.90 Å². The zero-order valence-electron chi connectivity index (χ0n) is 8.03. The van der Waals surface area contributed by atoms with E-state index in [-0.39, 0.29) is 32.7 Å². The molecule has 0 N–H and O–H groups in total. The minimum absolute atomic E-state index is 0. The third-order valence-electron chi connectivity index (χ3n) is 1.59. The number of halogens is 4. The molecule has 0 aromatic heterocycles. The Bertz CT molecular complexity index is 320. The Morgan fingerprint density at radius 1 is 1.53 bits per heavy atom. The number of alkyl halides is 3. The fourth-order valence-corrected chi connectivity index (χ4v) is 1.79. The van der Waals surface area contributed by atoms with E-state index in [2.05, 4.69) is 12.8 Å². The summed E-state index contributed by atoms with van der Waals surface area (Å²) in [4.78, 5) is 0.997. The molecule has 0 atom stereocenters.